The first-order valence-corrected chi connectivity index (χ1v) is 11.9. The molecule has 0 spiro atoms. The van der Waals surface area contributed by atoms with E-state index in [-0.39, 0.29) is 18.2 Å². The van der Waals surface area contributed by atoms with Crippen LogP contribution in [-0.2, 0) is 35.5 Å². The quantitative estimate of drug-likeness (QED) is 0.353. The Bertz CT molecular complexity index is 1200. The van der Waals surface area contributed by atoms with Gasteiger partial charge in [-0.05, 0) is 22.3 Å². The summed E-state index contributed by atoms with van der Waals surface area (Å²) in [5.41, 5.74) is 3.95. The first-order valence-electron chi connectivity index (χ1n) is 11.9. The summed E-state index contributed by atoms with van der Waals surface area (Å²) in [5, 5.41) is 3.07. The second kappa shape index (κ2) is 12.3. The highest BCUT2D eigenvalue weighted by molar-refractivity contribution is 5.88. The molecular weight excluding hydrogens is 432 g/mol. The van der Waals surface area contributed by atoms with Crippen molar-refractivity contribution >= 4 is 11.8 Å². The lowest BCUT2D eigenvalue weighted by Crippen LogP contribution is -2.50. The van der Waals surface area contributed by atoms with E-state index in [9.17, 15) is 9.59 Å². The van der Waals surface area contributed by atoms with Crippen molar-refractivity contribution in [2.45, 2.75) is 32.0 Å². The van der Waals surface area contributed by atoms with E-state index in [0.717, 1.165) is 22.3 Å². The molecule has 1 N–H and O–H groups in total. The van der Waals surface area contributed by atoms with Crippen molar-refractivity contribution in [2.24, 2.45) is 0 Å². The van der Waals surface area contributed by atoms with E-state index in [1.807, 2.05) is 121 Å². The van der Waals surface area contributed by atoms with Crippen molar-refractivity contribution in [3.05, 3.63) is 144 Å². The molecule has 0 bridgehead atoms. The first-order chi connectivity index (χ1) is 17.2. The van der Waals surface area contributed by atoms with E-state index >= 15 is 0 Å². The molecule has 0 aromatic heterocycles. The van der Waals surface area contributed by atoms with Gasteiger partial charge in [-0.3, -0.25) is 9.59 Å². The monoisotopic (exact) mass is 462 g/mol. The molecule has 4 aromatic carbocycles. The Morgan fingerprint density at radius 3 is 1.60 bits per heavy atom. The SMILES string of the molecule is O=C(NCc1ccccc1)C(Cc1ccccc1)N(Cc1ccccc1)C(=O)Cc1ccccc1. The van der Waals surface area contributed by atoms with Crippen LogP contribution in [0.3, 0.4) is 0 Å². The van der Waals surface area contributed by atoms with Gasteiger partial charge in [-0.15, -0.1) is 0 Å². The van der Waals surface area contributed by atoms with Gasteiger partial charge in [0.2, 0.25) is 11.8 Å². The van der Waals surface area contributed by atoms with E-state index in [4.69, 9.17) is 0 Å². The van der Waals surface area contributed by atoms with Crippen LogP contribution in [0.15, 0.2) is 121 Å². The smallest absolute Gasteiger partial charge is 0.243 e. The number of hydrogen-bond acceptors (Lipinski definition) is 2. The third kappa shape index (κ3) is 7.15. The zero-order valence-electron chi connectivity index (χ0n) is 19.7. The number of nitrogens with one attached hydrogen (secondary N) is 1. The molecule has 4 aromatic rings. The zero-order valence-corrected chi connectivity index (χ0v) is 19.7. The van der Waals surface area contributed by atoms with Gasteiger partial charge in [-0.25, -0.2) is 0 Å². The van der Waals surface area contributed by atoms with Crippen LogP contribution in [0, 0.1) is 0 Å². The lowest BCUT2D eigenvalue weighted by molar-refractivity contribution is -0.140. The molecule has 1 unspecified atom stereocenters. The Hall–Kier alpha value is -4.18. The summed E-state index contributed by atoms with van der Waals surface area (Å²) in [4.78, 5) is 29.0. The Labute approximate surface area is 207 Å². The molecule has 0 saturated heterocycles. The lowest BCUT2D eigenvalue weighted by Gasteiger charge is -2.31. The van der Waals surface area contributed by atoms with Gasteiger partial charge in [-0.1, -0.05) is 121 Å². The van der Waals surface area contributed by atoms with Gasteiger partial charge in [0.05, 0.1) is 6.42 Å². The van der Waals surface area contributed by atoms with Gasteiger partial charge < -0.3 is 10.2 Å². The van der Waals surface area contributed by atoms with Gasteiger partial charge >= 0.3 is 0 Å². The van der Waals surface area contributed by atoms with Crippen molar-refractivity contribution in [3.63, 3.8) is 0 Å². The van der Waals surface area contributed by atoms with E-state index in [1.165, 1.54) is 0 Å². The molecule has 176 valence electrons. The fourth-order valence-electron chi connectivity index (χ4n) is 4.11. The summed E-state index contributed by atoms with van der Waals surface area (Å²) in [7, 11) is 0. The van der Waals surface area contributed by atoms with E-state index in [1.54, 1.807) is 4.90 Å². The molecular formula is C31H30N2O2. The van der Waals surface area contributed by atoms with Crippen LogP contribution < -0.4 is 5.32 Å². The molecule has 4 heteroatoms. The van der Waals surface area contributed by atoms with Crippen molar-refractivity contribution in [2.75, 3.05) is 0 Å². The Balaban J connectivity index is 1.62. The van der Waals surface area contributed by atoms with Crippen molar-refractivity contribution in [1.82, 2.24) is 10.2 Å². The number of carbonyl (C=O) groups excluding carboxylic acids is 2. The van der Waals surface area contributed by atoms with Crippen molar-refractivity contribution < 1.29 is 9.59 Å². The molecule has 0 heterocycles. The molecule has 0 saturated carbocycles. The number of benzene rings is 4. The number of carbonyl (C=O) groups is 2. The normalized spacial score (nSPS) is 11.4. The maximum Gasteiger partial charge on any atom is 0.243 e. The number of amides is 2. The van der Waals surface area contributed by atoms with Crippen molar-refractivity contribution in [1.29, 1.82) is 0 Å². The molecule has 0 aliphatic heterocycles. The van der Waals surface area contributed by atoms with Gasteiger partial charge in [-0.2, -0.15) is 0 Å². The molecule has 4 rings (SSSR count). The molecule has 35 heavy (non-hydrogen) atoms. The van der Waals surface area contributed by atoms with Gasteiger partial charge in [0.15, 0.2) is 0 Å². The third-order valence-corrected chi connectivity index (χ3v) is 5.97. The minimum Gasteiger partial charge on any atom is -0.350 e. The van der Waals surface area contributed by atoms with Gasteiger partial charge in [0.25, 0.3) is 0 Å². The van der Waals surface area contributed by atoms with E-state index in [2.05, 4.69) is 5.32 Å². The first kappa shape index (κ1) is 24.0. The van der Waals surface area contributed by atoms with Crippen LogP contribution in [0.4, 0.5) is 0 Å². The summed E-state index contributed by atoms with van der Waals surface area (Å²) in [6, 6.07) is 38.6. The summed E-state index contributed by atoms with van der Waals surface area (Å²) < 4.78 is 0. The molecule has 2 amide bonds. The summed E-state index contributed by atoms with van der Waals surface area (Å²) in [5.74, 6) is -0.231. The van der Waals surface area contributed by atoms with Gasteiger partial charge in [0.1, 0.15) is 6.04 Å². The average Bonchev–Trinajstić information content (AvgIpc) is 2.91. The fraction of sp³-hybridized carbons (Fsp3) is 0.161. The molecule has 4 nitrogen and oxygen atoms in total. The zero-order chi connectivity index (χ0) is 24.3. The van der Waals surface area contributed by atoms with Crippen LogP contribution in [0.2, 0.25) is 0 Å². The third-order valence-electron chi connectivity index (χ3n) is 5.97. The van der Waals surface area contributed by atoms with E-state index in [0.29, 0.717) is 19.5 Å². The van der Waals surface area contributed by atoms with Crippen LogP contribution in [-0.4, -0.2) is 22.8 Å². The molecule has 0 aliphatic rings. The average molecular weight is 463 g/mol. The Morgan fingerprint density at radius 1 is 0.600 bits per heavy atom. The highest BCUT2D eigenvalue weighted by atomic mass is 16.2. The number of hydrogen-bond donors (Lipinski definition) is 1. The van der Waals surface area contributed by atoms with E-state index < -0.39 is 6.04 Å². The minimum atomic E-state index is -0.641. The van der Waals surface area contributed by atoms with Crippen molar-refractivity contribution in [3.8, 4) is 0 Å². The Kier molecular flexibility index (Phi) is 8.44. The summed E-state index contributed by atoms with van der Waals surface area (Å²) in [6.07, 6.45) is 0.680. The maximum absolute atomic E-state index is 13.7. The molecule has 1 atom stereocenters. The summed E-state index contributed by atoms with van der Waals surface area (Å²) >= 11 is 0. The molecule has 0 radical (unpaired) electrons. The number of rotatable bonds is 10. The largest absolute Gasteiger partial charge is 0.350 e. The van der Waals surface area contributed by atoms with Gasteiger partial charge in [0, 0.05) is 19.5 Å². The van der Waals surface area contributed by atoms with Crippen LogP contribution in [0.25, 0.3) is 0 Å². The second-order valence-electron chi connectivity index (χ2n) is 8.58. The van der Waals surface area contributed by atoms with Crippen LogP contribution in [0.1, 0.15) is 22.3 Å². The highest BCUT2D eigenvalue weighted by Crippen LogP contribution is 2.17. The summed E-state index contributed by atoms with van der Waals surface area (Å²) in [6.45, 7) is 0.778. The van der Waals surface area contributed by atoms with Crippen LogP contribution in [0.5, 0.6) is 0 Å². The maximum atomic E-state index is 13.7. The minimum absolute atomic E-state index is 0.0733. The highest BCUT2D eigenvalue weighted by Gasteiger charge is 2.30. The molecule has 0 aliphatic carbocycles. The topological polar surface area (TPSA) is 49.4 Å². The number of nitrogens with zero attached hydrogens (tertiary/aromatic N) is 1. The fourth-order valence-corrected chi connectivity index (χ4v) is 4.11. The lowest BCUT2D eigenvalue weighted by atomic mass is 10.0. The predicted octanol–water partition coefficient (Wildman–Crippen LogP) is 5.19. The van der Waals surface area contributed by atoms with Crippen LogP contribution >= 0.6 is 0 Å². The predicted molar refractivity (Wildman–Crippen MR) is 139 cm³/mol. The Morgan fingerprint density at radius 2 is 1.06 bits per heavy atom. The standard InChI is InChI=1S/C31H30N2O2/c34-30(22-26-15-7-2-8-16-26)33(24-28-19-11-4-12-20-28)29(21-25-13-5-1-6-14-25)31(35)32-23-27-17-9-3-10-18-27/h1-20,29H,21-24H2,(H,32,35). The molecule has 0 fully saturated rings. The second-order valence-corrected chi connectivity index (χ2v) is 8.58.